The van der Waals surface area contributed by atoms with Crippen molar-refractivity contribution in [3.05, 3.63) is 29.8 Å². The molecule has 5 nitrogen and oxygen atoms in total. The number of amides is 2. The van der Waals surface area contributed by atoms with Crippen molar-refractivity contribution in [3.63, 3.8) is 0 Å². The van der Waals surface area contributed by atoms with Gasteiger partial charge in [0.1, 0.15) is 18.3 Å². The first-order valence-corrected chi connectivity index (χ1v) is 6.94. The van der Waals surface area contributed by atoms with E-state index >= 15 is 0 Å². The minimum atomic E-state index is -4.51. The Labute approximate surface area is 132 Å². The number of carbonyl (C=O) groups is 2. The summed E-state index contributed by atoms with van der Waals surface area (Å²) in [6.07, 6.45) is -4.51. The summed E-state index contributed by atoms with van der Waals surface area (Å²) in [6.45, 7) is 1.81. The summed E-state index contributed by atoms with van der Waals surface area (Å²) < 4.78 is 41.6. The van der Waals surface area contributed by atoms with Crippen molar-refractivity contribution >= 4 is 11.8 Å². The largest absolute Gasteiger partial charge is 0.496 e. The number of methoxy groups -OCH3 is 1. The molecule has 1 atom stereocenters. The normalized spacial score (nSPS) is 12.7. The Morgan fingerprint density at radius 1 is 1.22 bits per heavy atom. The molecule has 0 saturated carbocycles. The van der Waals surface area contributed by atoms with Crippen LogP contribution in [0.5, 0.6) is 5.75 Å². The molecule has 0 aromatic heterocycles. The molecule has 0 aliphatic heterocycles. The van der Waals surface area contributed by atoms with Crippen molar-refractivity contribution in [2.75, 3.05) is 13.7 Å². The van der Waals surface area contributed by atoms with Crippen LogP contribution in [0.2, 0.25) is 0 Å². The zero-order chi connectivity index (χ0) is 17.6. The van der Waals surface area contributed by atoms with Crippen LogP contribution in [-0.2, 0) is 4.79 Å². The van der Waals surface area contributed by atoms with Crippen molar-refractivity contribution in [1.82, 2.24) is 10.6 Å². The Balaban J connectivity index is 2.83. The molecule has 0 heterocycles. The fourth-order valence-electron chi connectivity index (χ4n) is 1.88. The summed E-state index contributed by atoms with van der Waals surface area (Å²) in [5.41, 5.74) is 0.198. The first-order valence-electron chi connectivity index (χ1n) is 6.94. The molecule has 1 aromatic carbocycles. The van der Waals surface area contributed by atoms with E-state index in [1.54, 1.807) is 37.4 Å². The van der Waals surface area contributed by atoms with Crippen LogP contribution in [0.25, 0.3) is 0 Å². The highest BCUT2D eigenvalue weighted by Crippen LogP contribution is 2.18. The molecule has 1 rings (SSSR count). The van der Waals surface area contributed by atoms with Gasteiger partial charge >= 0.3 is 6.18 Å². The molecule has 0 fully saturated rings. The number of para-hydroxylation sites is 1. The van der Waals surface area contributed by atoms with E-state index in [0.29, 0.717) is 5.75 Å². The second-order valence-electron chi connectivity index (χ2n) is 5.23. The fraction of sp³-hybridized carbons (Fsp3) is 0.467. The van der Waals surface area contributed by atoms with E-state index in [0.717, 1.165) is 0 Å². The van der Waals surface area contributed by atoms with Crippen molar-refractivity contribution in [2.45, 2.75) is 26.1 Å². The number of benzene rings is 1. The van der Waals surface area contributed by atoms with Crippen LogP contribution in [0.15, 0.2) is 24.3 Å². The first kappa shape index (κ1) is 18.8. The third-order valence-corrected chi connectivity index (χ3v) is 3.05. The van der Waals surface area contributed by atoms with Gasteiger partial charge in [0, 0.05) is 0 Å². The lowest BCUT2D eigenvalue weighted by atomic mass is 10.0. The Morgan fingerprint density at radius 2 is 1.83 bits per heavy atom. The maximum atomic E-state index is 12.3. The molecule has 1 unspecified atom stereocenters. The van der Waals surface area contributed by atoms with Gasteiger partial charge < -0.3 is 15.4 Å². The second kappa shape index (κ2) is 7.85. The molecule has 2 amide bonds. The molecular weight excluding hydrogens is 313 g/mol. The number of carbonyl (C=O) groups excluding carboxylic acids is 2. The number of rotatable bonds is 6. The zero-order valence-electron chi connectivity index (χ0n) is 13.0. The van der Waals surface area contributed by atoms with Crippen molar-refractivity contribution in [2.24, 2.45) is 5.92 Å². The van der Waals surface area contributed by atoms with Gasteiger partial charge in [-0.25, -0.2) is 0 Å². The second-order valence-corrected chi connectivity index (χ2v) is 5.23. The highest BCUT2D eigenvalue weighted by atomic mass is 19.4. The maximum absolute atomic E-state index is 12.3. The van der Waals surface area contributed by atoms with Gasteiger partial charge in [0.25, 0.3) is 5.91 Å². The zero-order valence-corrected chi connectivity index (χ0v) is 13.0. The average Bonchev–Trinajstić information content (AvgIpc) is 2.48. The van der Waals surface area contributed by atoms with Gasteiger partial charge in [-0.1, -0.05) is 26.0 Å². The molecule has 128 valence electrons. The van der Waals surface area contributed by atoms with E-state index < -0.39 is 30.6 Å². The van der Waals surface area contributed by atoms with Crippen LogP contribution in [0.3, 0.4) is 0 Å². The molecule has 0 aliphatic rings. The SMILES string of the molecule is COc1ccccc1C(=O)NC(C(=O)NCC(F)(F)F)C(C)C. The summed E-state index contributed by atoms with van der Waals surface area (Å²) in [5.74, 6) is -1.56. The Morgan fingerprint density at radius 3 is 2.35 bits per heavy atom. The lowest BCUT2D eigenvalue weighted by Crippen LogP contribution is -2.51. The van der Waals surface area contributed by atoms with Crippen molar-refractivity contribution < 1.29 is 27.5 Å². The van der Waals surface area contributed by atoms with Gasteiger partial charge in [-0.2, -0.15) is 13.2 Å². The van der Waals surface area contributed by atoms with Crippen LogP contribution >= 0.6 is 0 Å². The Hall–Kier alpha value is -2.25. The van der Waals surface area contributed by atoms with E-state index in [4.69, 9.17) is 4.74 Å². The van der Waals surface area contributed by atoms with E-state index in [9.17, 15) is 22.8 Å². The highest BCUT2D eigenvalue weighted by molar-refractivity contribution is 5.99. The number of ether oxygens (including phenoxy) is 1. The van der Waals surface area contributed by atoms with E-state index in [1.165, 1.54) is 13.2 Å². The molecule has 0 spiro atoms. The molecular formula is C15H19F3N2O3. The molecule has 23 heavy (non-hydrogen) atoms. The summed E-state index contributed by atoms with van der Waals surface area (Å²) >= 11 is 0. The number of hydrogen-bond donors (Lipinski definition) is 2. The summed E-state index contributed by atoms with van der Waals surface area (Å²) in [7, 11) is 1.39. The fourth-order valence-corrected chi connectivity index (χ4v) is 1.88. The minimum Gasteiger partial charge on any atom is -0.496 e. The minimum absolute atomic E-state index is 0.198. The predicted molar refractivity (Wildman–Crippen MR) is 78.2 cm³/mol. The average molecular weight is 332 g/mol. The molecule has 1 aromatic rings. The molecule has 0 saturated heterocycles. The summed E-state index contributed by atoms with van der Waals surface area (Å²) in [4.78, 5) is 24.1. The van der Waals surface area contributed by atoms with Gasteiger partial charge in [0.05, 0.1) is 12.7 Å². The molecule has 2 N–H and O–H groups in total. The van der Waals surface area contributed by atoms with Crippen molar-refractivity contribution in [3.8, 4) is 5.75 Å². The number of nitrogens with one attached hydrogen (secondary N) is 2. The van der Waals surface area contributed by atoms with Crippen LogP contribution in [0, 0.1) is 5.92 Å². The third-order valence-electron chi connectivity index (χ3n) is 3.05. The van der Waals surface area contributed by atoms with Gasteiger partial charge in [0.2, 0.25) is 5.91 Å². The smallest absolute Gasteiger partial charge is 0.405 e. The Kier molecular flexibility index (Phi) is 6.41. The van der Waals surface area contributed by atoms with Gasteiger partial charge in [-0.15, -0.1) is 0 Å². The summed E-state index contributed by atoms with van der Waals surface area (Å²) in [5, 5.41) is 4.22. The molecule has 0 radical (unpaired) electrons. The van der Waals surface area contributed by atoms with Crippen LogP contribution in [0.4, 0.5) is 13.2 Å². The number of halogens is 3. The van der Waals surface area contributed by atoms with Gasteiger partial charge in [0.15, 0.2) is 0 Å². The van der Waals surface area contributed by atoms with Gasteiger partial charge in [-0.05, 0) is 18.1 Å². The number of hydrogen-bond acceptors (Lipinski definition) is 3. The standard InChI is InChI=1S/C15H19F3N2O3/c1-9(2)12(14(22)19-8-15(16,17)18)20-13(21)10-6-4-5-7-11(10)23-3/h4-7,9,12H,8H2,1-3H3,(H,19,22)(H,20,21). The maximum Gasteiger partial charge on any atom is 0.405 e. The quantitative estimate of drug-likeness (QED) is 0.839. The topological polar surface area (TPSA) is 67.4 Å². The van der Waals surface area contributed by atoms with Crippen molar-refractivity contribution in [1.29, 1.82) is 0 Å². The molecule has 8 heteroatoms. The summed E-state index contributed by atoms with van der Waals surface area (Å²) in [6, 6.07) is 5.27. The number of alkyl halides is 3. The molecule has 0 aliphatic carbocycles. The van der Waals surface area contributed by atoms with Crippen LogP contribution < -0.4 is 15.4 Å². The van der Waals surface area contributed by atoms with Crippen LogP contribution in [-0.4, -0.2) is 37.7 Å². The lowest BCUT2D eigenvalue weighted by molar-refractivity contribution is -0.140. The van der Waals surface area contributed by atoms with Crippen LogP contribution in [0.1, 0.15) is 24.2 Å². The van der Waals surface area contributed by atoms with E-state index in [-0.39, 0.29) is 11.5 Å². The Bertz CT molecular complexity index is 559. The van der Waals surface area contributed by atoms with E-state index in [1.807, 2.05) is 0 Å². The third kappa shape index (κ3) is 5.80. The lowest BCUT2D eigenvalue weighted by Gasteiger charge is -2.22. The van der Waals surface area contributed by atoms with Gasteiger partial charge in [-0.3, -0.25) is 9.59 Å². The first-order chi connectivity index (χ1) is 10.7. The monoisotopic (exact) mass is 332 g/mol. The highest BCUT2D eigenvalue weighted by Gasteiger charge is 2.31. The van der Waals surface area contributed by atoms with E-state index in [2.05, 4.69) is 5.32 Å². The predicted octanol–water partition coefficient (Wildman–Crippen LogP) is 2.13. The molecule has 0 bridgehead atoms.